The Hall–Kier alpha value is -6.63. The van der Waals surface area contributed by atoms with Crippen LogP contribution in [0.15, 0.2) is 73.4 Å². The van der Waals surface area contributed by atoms with E-state index in [0.717, 1.165) is 35.9 Å². The van der Waals surface area contributed by atoms with E-state index >= 15 is 0 Å². The van der Waals surface area contributed by atoms with Crippen molar-refractivity contribution in [2.75, 3.05) is 37.1 Å². The second-order valence-electron chi connectivity index (χ2n) is 15.7. The number of carboxylic acid groups (broad SMARTS) is 1. The largest absolute Gasteiger partial charge is 0.493 e. The molecule has 2 fully saturated rings. The molecule has 3 aliphatic heterocycles. The summed E-state index contributed by atoms with van der Waals surface area (Å²) in [6, 6.07) is 14.7. The number of imidazole rings is 1. The molecule has 8 rings (SSSR count). The number of thiazole rings is 1. The monoisotopic (exact) mass is 892 g/mol. The number of Topliss-reactive ketones (excluding diaryl/α,β-unsaturated/α-hetero) is 1. The number of hydrogen-bond acceptors (Lipinski definition) is 13. The van der Waals surface area contributed by atoms with Crippen LogP contribution in [-0.2, 0) is 45.5 Å². The van der Waals surface area contributed by atoms with Gasteiger partial charge in [0.25, 0.3) is 5.91 Å². The number of carbonyl (C=O) groups is 5. The molecule has 3 amide bonds. The van der Waals surface area contributed by atoms with Crippen LogP contribution in [0, 0.1) is 0 Å². The number of piperidine rings is 1. The van der Waals surface area contributed by atoms with E-state index < -0.39 is 30.6 Å². The van der Waals surface area contributed by atoms with E-state index in [-0.39, 0.29) is 83.6 Å². The quantitative estimate of drug-likeness (QED) is 0.0811. The standard InChI is InChI=1S/C46H48N6O11S/c1-4-17-61-46(58)52-33-23-36(35(59-3)22-30(33)43(55)51-16-7-5-12-32(51)44(52)63-41-13-6-8-18-60-41)62-26-28-11-9-10-27(19-28)20-39(54)48-38-25-50(2)42(49-38)34(53)24-40-47-31-21-29(45(56)57)14-15-37(31)64-40/h4,9-11,14-15,19,21-23,25,32,41,44H,1,5-8,12-13,16-18,20,24,26H2,2-3H3,(H,48,54)(H,56,57)/t32-,41?,44?/m0/s1. The lowest BCUT2D eigenvalue weighted by Crippen LogP contribution is -2.57. The molecule has 64 heavy (non-hydrogen) atoms. The summed E-state index contributed by atoms with van der Waals surface area (Å²) in [5.74, 6) is -1.11. The lowest BCUT2D eigenvalue weighted by molar-refractivity contribution is -0.198. The van der Waals surface area contributed by atoms with E-state index in [1.165, 1.54) is 46.1 Å². The van der Waals surface area contributed by atoms with E-state index in [0.29, 0.717) is 42.1 Å². The molecular formula is C46H48N6O11S. The highest BCUT2D eigenvalue weighted by atomic mass is 32.1. The van der Waals surface area contributed by atoms with E-state index in [1.807, 2.05) is 12.1 Å². The van der Waals surface area contributed by atoms with Gasteiger partial charge in [-0.3, -0.25) is 14.4 Å². The Morgan fingerprint density at radius 1 is 1.00 bits per heavy atom. The van der Waals surface area contributed by atoms with Crippen molar-refractivity contribution >= 4 is 62.7 Å². The second-order valence-corrected chi connectivity index (χ2v) is 16.8. The van der Waals surface area contributed by atoms with Crippen molar-refractivity contribution < 1.29 is 52.8 Å². The van der Waals surface area contributed by atoms with Crippen molar-refractivity contribution in [3.05, 3.63) is 107 Å². The normalized spacial score (nSPS) is 18.4. The number of rotatable bonds is 15. The van der Waals surface area contributed by atoms with Crippen LogP contribution in [0.3, 0.4) is 0 Å². The molecule has 2 aromatic heterocycles. The molecule has 0 spiro atoms. The molecule has 18 heteroatoms. The average molecular weight is 893 g/mol. The predicted molar refractivity (Wildman–Crippen MR) is 235 cm³/mol. The fourth-order valence-electron chi connectivity index (χ4n) is 8.24. The van der Waals surface area contributed by atoms with Crippen LogP contribution in [0.4, 0.5) is 16.3 Å². The van der Waals surface area contributed by atoms with Crippen molar-refractivity contribution in [1.29, 1.82) is 0 Å². The molecule has 0 bridgehead atoms. The molecule has 0 radical (unpaired) electrons. The van der Waals surface area contributed by atoms with Gasteiger partial charge in [-0.05, 0) is 73.9 Å². The first-order valence-corrected chi connectivity index (χ1v) is 21.9. The number of methoxy groups -OCH3 is 1. The smallest absolute Gasteiger partial charge is 0.416 e. The van der Waals surface area contributed by atoms with Gasteiger partial charge in [0.15, 0.2) is 35.7 Å². The fourth-order valence-corrected chi connectivity index (χ4v) is 9.18. The number of ketones is 1. The predicted octanol–water partition coefficient (Wildman–Crippen LogP) is 6.93. The lowest BCUT2D eigenvalue weighted by atomic mass is 10.00. The first kappa shape index (κ1) is 44.0. The molecule has 334 valence electrons. The second kappa shape index (κ2) is 19.4. The van der Waals surface area contributed by atoms with Crippen LogP contribution < -0.4 is 19.7 Å². The van der Waals surface area contributed by atoms with Crippen molar-refractivity contribution in [1.82, 2.24) is 19.4 Å². The van der Waals surface area contributed by atoms with Gasteiger partial charge < -0.3 is 43.6 Å². The first-order valence-electron chi connectivity index (χ1n) is 21.1. The number of ether oxygens (including phenoxy) is 5. The maximum absolute atomic E-state index is 14.3. The molecule has 5 heterocycles. The summed E-state index contributed by atoms with van der Waals surface area (Å²) >= 11 is 1.30. The molecular weight excluding hydrogens is 845 g/mol. The molecule has 2 N–H and O–H groups in total. The molecule has 0 saturated carbocycles. The minimum atomic E-state index is -1.06. The molecule has 17 nitrogen and oxygen atoms in total. The third-order valence-electron chi connectivity index (χ3n) is 11.3. The van der Waals surface area contributed by atoms with Gasteiger partial charge in [0.2, 0.25) is 11.7 Å². The molecule has 5 aromatic rings. The van der Waals surface area contributed by atoms with Gasteiger partial charge in [-0.1, -0.05) is 36.9 Å². The number of amides is 3. The zero-order valence-corrected chi connectivity index (χ0v) is 36.3. The van der Waals surface area contributed by atoms with Crippen molar-refractivity contribution in [2.45, 2.75) is 76.5 Å². The molecule has 2 saturated heterocycles. The lowest BCUT2D eigenvalue weighted by Gasteiger charge is -2.42. The van der Waals surface area contributed by atoms with Crippen molar-refractivity contribution in [3.8, 4) is 11.5 Å². The van der Waals surface area contributed by atoms with E-state index in [9.17, 15) is 29.1 Å². The number of aromatic nitrogens is 3. The van der Waals surface area contributed by atoms with Gasteiger partial charge in [0.05, 0.1) is 53.0 Å². The maximum Gasteiger partial charge on any atom is 0.416 e. The zero-order valence-electron chi connectivity index (χ0n) is 35.4. The number of nitrogens with one attached hydrogen (secondary N) is 1. The number of benzene rings is 3. The number of carbonyl (C=O) groups excluding carboxylic acids is 4. The summed E-state index contributed by atoms with van der Waals surface area (Å²) in [5, 5.41) is 12.6. The zero-order chi connectivity index (χ0) is 44.9. The highest BCUT2D eigenvalue weighted by molar-refractivity contribution is 7.18. The van der Waals surface area contributed by atoms with Gasteiger partial charge in [0, 0.05) is 32.5 Å². The summed E-state index contributed by atoms with van der Waals surface area (Å²) in [7, 11) is 3.13. The van der Waals surface area contributed by atoms with Crippen LogP contribution >= 0.6 is 11.3 Å². The Balaban J connectivity index is 0.968. The highest BCUT2D eigenvalue weighted by Gasteiger charge is 2.47. The Kier molecular flexibility index (Phi) is 13.3. The maximum atomic E-state index is 14.3. The fraction of sp³-hybridized carbons (Fsp3) is 0.370. The number of fused-ring (bicyclic) bond motifs is 3. The average Bonchev–Trinajstić information content (AvgIpc) is 3.86. The third kappa shape index (κ3) is 9.63. The minimum Gasteiger partial charge on any atom is -0.493 e. The Bertz CT molecular complexity index is 2600. The van der Waals surface area contributed by atoms with Crippen LogP contribution in [0.25, 0.3) is 10.2 Å². The number of nitrogens with zero attached hydrogens (tertiary/aromatic N) is 5. The Morgan fingerprint density at radius 3 is 2.61 bits per heavy atom. The van der Waals surface area contributed by atoms with Crippen LogP contribution in [0.1, 0.15) is 86.0 Å². The number of hydrogen-bond donors (Lipinski definition) is 2. The summed E-state index contributed by atoms with van der Waals surface area (Å²) in [6.07, 6.45) is 5.54. The van der Waals surface area contributed by atoms with Gasteiger partial charge in [-0.2, -0.15) is 0 Å². The van der Waals surface area contributed by atoms with Crippen LogP contribution in [0.5, 0.6) is 11.5 Å². The number of carboxylic acids is 1. The number of aryl methyl sites for hydroxylation is 1. The summed E-state index contributed by atoms with van der Waals surface area (Å²) in [6.45, 7) is 4.72. The number of aromatic carboxylic acids is 1. The number of anilines is 2. The summed E-state index contributed by atoms with van der Waals surface area (Å²) in [5.41, 5.74) is 2.52. The molecule has 3 aliphatic rings. The minimum absolute atomic E-state index is 0.00640. The third-order valence-corrected chi connectivity index (χ3v) is 12.3. The SMILES string of the molecule is C=CCOC(=O)N1c2cc(OCc3cccc(CC(=O)Nc4cn(C)c(C(=O)Cc5nc6cc(C(=O)O)ccc6s5)n4)c3)c(OC)cc2C(=O)N2CCCC[C@H]2C1OC1CCCCO1. The topological polar surface area (TPSA) is 201 Å². The van der Waals surface area contributed by atoms with Crippen molar-refractivity contribution in [3.63, 3.8) is 0 Å². The van der Waals surface area contributed by atoms with Crippen LogP contribution in [-0.4, -0.2) is 99.6 Å². The van der Waals surface area contributed by atoms with Gasteiger partial charge in [-0.15, -0.1) is 11.3 Å². The van der Waals surface area contributed by atoms with Gasteiger partial charge in [0.1, 0.15) is 18.2 Å². The van der Waals surface area contributed by atoms with E-state index in [2.05, 4.69) is 21.9 Å². The Morgan fingerprint density at radius 2 is 1.83 bits per heavy atom. The van der Waals surface area contributed by atoms with Crippen molar-refractivity contribution in [2.24, 2.45) is 7.05 Å². The summed E-state index contributed by atoms with van der Waals surface area (Å²) < 4.78 is 32.6. The van der Waals surface area contributed by atoms with E-state index in [4.69, 9.17) is 23.7 Å². The molecule has 3 aromatic carbocycles. The Labute approximate surface area is 372 Å². The highest BCUT2D eigenvalue weighted by Crippen LogP contribution is 2.42. The first-order chi connectivity index (χ1) is 31.0. The molecule has 3 atom stereocenters. The molecule has 0 aliphatic carbocycles. The molecule has 2 unspecified atom stereocenters. The van der Waals surface area contributed by atoms with Crippen LogP contribution in [0.2, 0.25) is 0 Å². The van der Waals surface area contributed by atoms with E-state index in [1.54, 1.807) is 48.5 Å². The van der Waals surface area contributed by atoms with Gasteiger partial charge in [-0.25, -0.2) is 24.5 Å². The van der Waals surface area contributed by atoms with Gasteiger partial charge >= 0.3 is 12.1 Å². The summed E-state index contributed by atoms with van der Waals surface area (Å²) in [4.78, 5) is 78.2.